The number of piperidine rings is 1. The van der Waals surface area contributed by atoms with Gasteiger partial charge in [0.25, 0.3) is 0 Å². The minimum Gasteiger partial charge on any atom is -0.328 e. The van der Waals surface area contributed by atoms with E-state index in [4.69, 9.17) is 5.73 Å². The maximum absolute atomic E-state index is 6.02. The summed E-state index contributed by atoms with van der Waals surface area (Å²) in [4.78, 5) is 7.10. The summed E-state index contributed by atoms with van der Waals surface area (Å²) < 4.78 is 1.12. The number of likely N-dealkylation sites (tertiary alicyclic amines) is 1. The third kappa shape index (κ3) is 3.28. The first kappa shape index (κ1) is 14.9. The van der Waals surface area contributed by atoms with Crippen LogP contribution in [0.2, 0.25) is 0 Å². The fourth-order valence-corrected chi connectivity index (χ4v) is 3.65. The van der Waals surface area contributed by atoms with Crippen molar-refractivity contribution in [1.29, 1.82) is 0 Å². The molecule has 1 unspecified atom stereocenters. The molecule has 1 fully saturated rings. The van der Waals surface area contributed by atoms with Gasteiger partial charge in [0.1, 0.15) is 0 Å². The number of pyridine rings is 1. The standard InChI is InChI=1S/C17H22BrN3/c1-12(19)13-6-9-21(10-7-13)11-14-4-5-16(18)15-3-2-8-20-17(14)15/h2-5,8,12-13H,6-7,9-11,19H2,1H3. The molecule has 21 heavy (non-hydrogen) atoms. The van der Waals surface area contributed by atoms with Gasteiger partial charge in [-0.15, -0.1) is 0 Å². The van der Waals surface area contributed by atoms with Crippen molar-refractivity contribution in [3.63, 3.8) is 0 Å². The third-order valence-corrected chi connectivity index (χ3v) is 5.26. The Labute approximate surface area is 134 Å². The summed E-state index contributed by atoms with van der Waals surface area (Å²) in [6, 6.07) is 8.76. The Morgan fingerprint density at radius 1 is 1.33 bits per heavy atom. The van der Waals surface area contributed by atoms with Gasteiger partial charge in [0.05, 0.1) is 5.52 Å². The van der Waals surface area contributed by atoms with Crippen molar-refractivity contribution >= 4 is 26.8 Å². The number of rotatable bonds is 3. The average Bonchev–Trinajstić information content (AvgIpc) is 2.51. The minimum atomic E-state index is 0.322. The van der Waals surface area contributed by atoms with E-state index in [2.05, 4.69) is 50.9 Å². The summed E-state index contributed by atoms with van der Waals surface area (Å²) in [6.07, 6.45) is 4.29. The van der Waals surface area contributed by atoms with Crippen molar-refractivity contribution in [2.45, 2.75) is 32.4 Å². The van der Waals surface area contributed by atoms with Crippen LogP contribution in [-0.2, 0) is 6.54 Å². The average molecular weight is 348 g/mol. The van der Waals surface area contributed by atoms with Gasteiger partial charge < -0.3 is 5.73 Å². The Morgan fingerprint density at radius 3 is 2.81 bits per heavy atom. The van der Waals surface area contributed by atoms with Crippen LogP contribution in [0.4, 0.5) is 0 Å². The van der Waals surface area contributed by atoms with Crippen molar-refractivity contribution in [3.05, 3.63) is 40.5 Å². The zero-order valence-corrected chi connectivity index (χ0v) is 14.0. The van der Waals surface area contributed by atoms with Crippen molar-refractivity contribution in [3.8, 4) is 0 Å². The number of halogens is 1. The molecule has 2 heterocycles. The van der Waals surface area contributed by atoms with Crippen molar-refractivity contribution in [2.75, 3.05) is 13.1 Å². The van der Waals surface area contributed by atoms with Crippen LogP contribution in [0.3, 0.4) is 0 Å². The highest BCUT2D eigenvalue weighted by molar-refractivity contribution is 9.10. The molecule has 4 heteroatoms. The lowest BCUT2D eigenvalue weighted by molar-refractivity contribution is 0.166. The van der Waals surface area contributed by atoms with Crippen molar-refractivity contribution in [2.24, 2.45) is 11.7 Å². The van der Waals surface area contributed by atoms with Crippen LogP contribution < -0.4 is 5.73 Å². The van der Waals surface area contributed by atoms with E-state index >= 15 is 0 Å². The summed E-state index contributed by atoms with van der Waals surface area (Å²) in [5.41, 5.74) is 8.45. The molecule has 1 aromatic heterocycles. The number of benzene rings is 1. The molecular weight excluding hydrogens is 326 g/mol. The molecule has 112 valence electrons. The molecule has 0 amide bonds. The molecule has 1 aliphatic rings. The van der Waals surface area contributed by atoms with E-state index in [0.717, 1.165) is 29.6 Å². The Bertz CT molecular complexity index is 618. The van der Waals surface area contributed by atoms with E-state index in [0.29, 0.717) is 12.0 Å². The van der Waals surface area contributed by atoms with Gasteiger partial charge in [-0.25, -0.2) is 0 Å². The van der Waals surface area contributed by atoms with E-state index < -0.39 is 0 Å². The topological polar surface area (TPSA) is 42.1 Å². The number of nitrogens with two attached hydrogens (primary N) is 1. The van der Waals surface area contributed by atoms with Gasteiger partial charge in [-0.2, -0.15) is 0 Å². The molecule has 2 N–H and O–H groups in total. The summed E-state index contributed by atoms with van der Waals surface area (Å²) >= 11 is 3.61. The van der Waals surface area contributed by atoms with Gasteiger partial charge in [-0.1, -0.05) is 28.1 Å². The van der Waals surface area contributed by atoms with Crippen molar-refractivity contribution < 1.29 is 0 Å². The SMILES string of the molecule is CC(N)C1CCN(Cc2ccc(Br)c3cccnc23)CC1. The third-order valence-electron chi connectivity index (χ3n) is 4.57. The van der Waals surface area contributed by atoms with E-state index in [9.17, 15) is 0 Å². The Hall–Kier alpha value is -0.970. The summed E-state index contributed by atoms with van der Waals surface area (Å²) in [7, 11) is 0. The fraction of sp³-hybridized carbons (Fsp3) is 0.471. The monoisotopic (exact) mass is 347 g/mol. The summed E-state index contributed by atoms with van der Waals surface area (Å²) in [5.74, 6) is 0.682. The molecule has 3 rings (SSSR count). The number of fused-ring (bicyclic) bond motifs is 1. The van der Waals surface area contributed by atoms with Crippen LogP contribution >= 0.6 is 15.9 Å². The number of aromatic nitrogens is 1. The smallest absolute Gasteiger partial charge is 0.0758 e. The van der Waals surface area contributed by atoms with Crippen LogP contribution in [0, 0.1) is 5.92 Å². The van der Waals surface area contributed by atoms with Gasteiger partial charge in [-0.05, 0) is 56.5 Å². The molecular formula is C17H22BrN3. The summed E-state index contributed by atoms with van der Waals surface area (Å²) in [6.45, 7) is 5.38. The Morgan fingerprint density at radius 2 is 2.10 bits per heavy atom. The second-order valence-electron chi connectivity index (χ2n) is 6.08. The first-order valence-electron chi connectivity index (χ1n) is 7.65. The van der Waals surface area contributed by atoms with Gasteiger partial charge >= 0.3 is 0 Å². The van der Waals surface area contributed by atoms with Gasteiger partial charge in [0, 0.05) is 28.6 Å². The highest BCUT2D eigenvalue weighted by Gasteiger charge is 2.22. The van der Waals surface area contributed by atoms with Gasteiger partial charge in [0.15, 0.2) is 0 Å². The second-order valence-corrected chi connectivity index (χ2v) is 6.93. The van der Waals surface area contributed by atoms with Crippen LogP contribution in [0.1, 0.15) is 25.3 Å². The number of hydrogen-bond acceptors (Lipinski definition) is 3. The molecule has 1 aromatic carbocycles. The van der Waals surface area contributed by atoms with E-state index in [1.165, 1.54) is 23.8 Å². The molecule has 0 radical (unpaired) electrons. The predicted molar refractivity (Wildman–Crippen MR) is 91.1 cm³/mol. The zero-order chi connectivity index (χ0) is 14.8. The van der Waals surface area contributed by atoms with Gasteiger partial charge in [0.2, 0.25) is 0 Å². The van der Waals surface area contributed by atoms with Crippen LogP contribution in [0.25, 0.3) is 10.9 Å². The molecule has 1 atom stereocenters. The molecule has 0 saturated carbocycles. The van der Waals surface area contributed by atoms with Crippen LogP contribution in [0.5, 0.6) is 0 Å². The zero-order valence-electron chi connectivity index (χ0n) is 12.4. The summed E-state index contributed by atoms with van der Waals surface area (Å²) in [5, 5.41) is 1.19. The van der Waals surface area contributed by atoms with E-state index in [1.807, 2.05) is 12.3 Å². The Balaban J connectivity index is 1.76. The van der Waals surface area contributed by atoms with E-state index in [-0.39, 0.29) is 0 Å². The molecule has 2 aromatic rings. The molecule has 1 saturated heterocycles. The first-order valence-corrected chi connectivity index (χ1v) is 8.44. The molecule has 0 aliphatic carbocycles. The van der Waals surface area contributed by atoms with Gasteiger partial charge in [-0.3, -0.25) is 9.88 Å². The normalized spacial score (nSPS) is 19.0. The fourth-order valence-electron chi connectivity index (χ4n) is 3.20. The van der Waals surface area contributed by atoms with E-state index in [1.54, 1.807) is 0 Å². The number of nitrogens with zero attached hydrogens (tertiary/aromatic N) is 2. The largest absolute Gasteiger partial charge is 0.328 e. The highest BCUT2D eigenvalue weighted by Crippen LogP contribution is 2.27. The highest BCUT2D eigenvalue weighted by atomic mass is 79.9. The predicted octanol–water partition coefficient (Wildman–Crippen LogP) is 3.56. The first-order chi connectivity index (χ1) is 10.1. The molecule has 0 spiro atoms. The molecule has 0 bridgehead atoms. The lowest BCUT2D eigenvalue weighted by Crippen LogP contribution is -2.39. The van der Waals surface area contributed by atoms with Crippen LogP contribution in [-0.4, -0.2) is 29.0 Å². The number of hydrogen-bond donors (Lipinski definition) is 1. The van der Waals surface area contributed by atoms with Crippen molar-refractivity contribution in [1.82, 2.24) is 9.88 Å². The van der Waals surface area contributed by atoms with Crippen LogP contribution in [0.15, 0.2) is 34.9 Å². The lowest BCUT2D eigenvalue weighted by atomic mass is 9.91. The maximum Gasteiger partial charge on any atom is 0.0758 e. The second kappa shape index (κ2) is 6.42. The molecule has 3 nitrogen and oxygen atoms in total. The molecule has 1 aliphatic heterocycles. The quantitative estimate of drug-likeness (QED) is 0.922. The lowest BCUT2D eigenvalue weighted by Gasteiger charge is -2.33. The Kier molecular flexibility index (Phi) is 4.57. The minimum absolute atomic E-state index is 0.322. The maximum atomic E-state index is 6.02.